The molecule has 5 rings (SSSR count). The van der Waals surface area contributed by atoms with Crippen molar-refractivity contribution in [3.05, 3.63) is 120 Å². The van der Waals surface area contributed by atoms with Crippen LogP contribution in [0.15, 0.2) is 109 Å². The Hall–Kier alpha value is -3.58. The highest BCUT2D eigenvalue weighted by Gasteiger charge is 2.19. The lowest BCUT2D eigenvalue weighted by Gasteiger charge is -2.15. The summed E-state index contributed by atoms with van der Waals surface area (Å²) in [6, 6.07) is 39.1. The van der Waals surface area contributed by atoms with E-state index in [9.17, 15) is 0 Å². The van der Waals surface area contributed by atoms with Gasteiger partial charge < -0.3 is 4.57 Å². The molecule has 1 heteroatoms. The molecule has 1 aromatic heterocycles. The molecule has 0 saturated carbocycles. The maximum absolute atomic E-state index is 2.49. The van der Waals surface area contributed by atoms with Gasteiger partial charge in [0.25, 0.3) is 0 Å². The number of hydrogen-bond acceptors (Lipinski definition) is 0. The summed E-state index contributed by atoms with van der Waals surface area (Å²) in [7, 11) is 0. The quantitative estimate of drug-likeness (QED) is 0.311. The van der Waals surface area contributed by atoms with Crippen LogP contribution >= 0.6 is 0 Å². The highest BCUT2D eigenvalue weighted by molar-refractivity contribution is 6.05. The van der Waals surface area contributed by atoms with E-state index in [1.165, 1.54) is 44.4 Å². The van der Waals surface area contributed by atoms with Gasteiger partial charge in [-0.3, -0.25) is 0 Å². The summed E-state index contributed by atoms with van der Waals surface area (Å²) in [6.07, 6.45) is 0. The molecule has 0 amide bonds. The van der Waals surface area contributed by atoms with E-state index >= 15 is 0 Å². The maximum Gasteiger partial charge on any atom is 0.0568 e. The molecule has 0 radical (unpaired) electrons. The third-order valence-corrected chi connectivity index (χ3v) is 5.50. The second-order valence-electron chi connectivity index (χ2n) is 7.55. The molecule has 0 bridgehead atoms. The van der Waals surface area contributed by atoms with Crippen LogP contribution in [0.2, 0.25) is 0 Å². The zero-order valence-electron chi connectivity index (χ0n) is 16.5. The molecule has 1 heterocycles. The molecule has 4 aromatic carbocycles. The van der Waals surface area contributed by atoms with E-state index in [1.54, 1.807) is 0 Å². The lowest BCUT2D eigenvalue weighted by molar-refractivity contribution is 0.826. The fourth-order valence-corrected chi connectivity index (χ4v) is 4.20. The molecule has 0 aliphatic rings. The van der Waals surface area contributed by atoms with Crippen molar-refractivity contribution >= 4 is 10.8 Å². The van der Waals surface area contributed by atoms with Crippen molar-refractivity contribution in [1.29, 1.82) is 0 Å². The van der Waals surface area contributed by atoms with E-state index in [4.69, 9.17) is 0 Å². The minimum atomic E-state index is 0.836. The fraction of sp³-hybridized carbons (Fsp3) is 0.0714. The molecular weight excluding hydrogens is 350 g/mol. The highest BCUT2D eigenvalue weighted by atomic mass is 15.0. The zero-order chi connectivity index (χ0) is 19.6. The summed E-state index contributed by atoms with van der Waals surface area (Å²) >= 11 is 0. The Kier molecular flexibility index (Phi) is 4.50. The van der Waals surface area contributed by atoms with Gasteiger partial charge >= 0.3 is 0 Å². The van der Waals surface area contributed by atoms with Crippen LogP contribution in [0.4, 0.5) is 0 Å². The summed E-state index contributed by atoms with van der Waals surface area (Å²) < 4.78 is 2.49. The molecule has 140 valence electrons. The lowest BCUT2D eigenvalue weighted by Crippen LogP contribution is -2.04. The van der Waals surface area contributed by atoms with Gasteiger partial charge in [0.1, 0.15) is 0 Å². The molecule has 1 nitrogen and oxygen atoms in total. The molecule has 0 N–H and O–H groups in total. The van der Waals surface area contributed by atoms with Crippen molar-refractivity contribution in [3.8, 4) is 22.5 Å². The summed E-state index contributed by atoms with van der Waals surface area (Å²) in [4.78, 5) is 0. The van der Waals surface area contributed by atoms with Crippen LogP contribution < -0.4 is 0 Å². The number of rotatable bonds is 4. The van der Waals surface area contributed by atoms with Gasteiger partial charge in [-0.25, -0.2) is 0 Å². The van der Waals surface area contributed by atoms with E-state index in [0.29, 0.717) is 0 Å². The van der Waals surface area contributed by atoms with Gasteiger partial charge in [0.05, 0.1) is 11.4 Å². The monoisotopic (exact) mass is 373 g/mol. The summed E-state index contributed by atoms with van der Waals surface area (Å²) in [5.41, 5.74) is 7.65. The van der Waals surface area contributed by atoms with Gasteiger partial charge in [0.2, 0.25) is 0 Å². The fourth-order valence-electron chi connectivity index (χ4n) is 4.20. The number of benzene rings is 4. The number of fused-ring (bicyclic) bond motifs is 1. The van der Waals surface area contributed by atoms with Crippen molar-refractivity contribution in [2.24, 2.45) is 0 Å². The number of hydrogen-bond donors (Lipinski definition) is 0. The second kappa shape index (κ2) is 7.44. The van der Waals surface area contributed by atoms with Gasteiger partial charge in [0, 0.05) is 17.3 Å². The second-order valence-corrected chi connectivity index (χ2v) is 7.55. The van der Waals surface area contributed by atoms with Crippen molar-refractivity contribution < 1.29 is 0 Å². The predicted molar refractivity (Wildman–Crippen MR) is 123 cm³/mol. The van der Waals surface area contributed by atoms with Gasteiger partial charge in [-0.1, -0.05) is 109 Å². The smallest absolute Gasteiger partial charge is 0.0568 e. The lowest BCUT2D eigenvalue weighted by atomic mass is 10.0. The van der Waals surface area contributed by atoms with Crippen LogP contribution in [-0.4, -0.2) is 4.57 Å². The van der Waals surface area contributed by atoms with Crippen molar-refractivity contribution in [2.45, 2.75) is 13.5 Å². The summed E-state index contributed by atoms with van der Waals surface area (Å²) in [5.74, 6) is 0. The van der Waals surface area contributed by atoms with E-state index < -0.39 is 0 Å². The van der Waals surface area contributed by atoms with Crippen LogP contribution in [0.25, 0.3) is 33.3 Å². The minimum Gasteiger partial charge on any atom is -0.335 e. The SMILES string of the molecule is Cc1ccc2c(-c3ccccc3)n(Cc3ccccc3)c(-c3ccccc3)c2c1. The van der Waals surface area contributed by atoms with Crippen LogP contribution in [0, 0.1) is 6.92 Å². The van der Waals surface area contributed by atoms with Crippen molar-refractivity contribution in [3.63, 3.8) is 0 Å². The third-order valence-electron chi connectivity index (χ3n) is 5.50. The largest absolute Gasteiger partial charge is 0.335 e. The number of aryl methyl sites for hydroxylation is 1. The number of nitrogens with zero attached hydrogens (tertiary/aromatic N) is 1. The Balaban J connectivity index is 1.87. The molecule has 0 aliphatic carbocycles. The molecule has 0 aliphatic heterocycles. The van der Waals surface area contributed by atoms with E-state index in [-0.39, 0.29) is 0 Å². The molecule has 0 atom stereocenters. The molecule has 0 unspecified atom stereocenters. The zero-order valence-corrected chi connectivity index (χ0v) is 16.5. The van der Waals surface area contributed by atoms with Crippen LogP contribution in [0.1, 0.15) is 11.1 Å². The molecule has 0 fully saturated rings. The first kappa shape index (κ1) is 17.5. The third kappa shape index (κ3) is 3.25. The predicted octanol–water partition coefficient (Wildman–Crippen LogP) is 7.33. The first-order valence-corrected chi connectivity index (χ1v) is 10.1. The number of aromatic nitrogens is 1. The van der Waals surface area contributed by atoms with Gasteiger partial charge in [-0.2, -0.15) is 0 Å². The topological polar surface area (TPSA) is 4.93 Å². The Morgan fingerprint density at radius 2 is 1.07 bits per heavy atom. The van der Waals surface area contributed by atoms with Crippen molar-refractivity contribution in [2.75, 3.05) is 0 Å². The van der Waals surface area contributed by atoms with Gasteiger partial charge in [-0.15, -0.1) is 0 Å². The Morgan fingerprint density at radius 1 is 0.552 bits per heavy atom. The molecule has 29 heavy (non-hydrogen) atoms. The summed E-state index contributed by atoms with van der Waals surface area (Å²) in [6.45, 7) is 3.01. The van der Waals surface area contributed by atoms with Crippen LogP contribution in [0.5, 0.6) is 0 Å². The average Bonchev–Trinajstić information content (AvgIpc) is 3.08. The van der Waals surface area contributed by atoms with Crippen molar-refractivity contribution in [1.82, 2.24) is 4.57 Å². The molecule has 5 aromatic rings. The molecular formula is C28H23N. The Labute approximate surface area is 171 Å². The molecule has 0 saturated heterocycles. The van der Waals surface area contributed by atoms with Gasteiger partial charge in [0.15, 0.2) is 0 Å². The first-order chi connectivity index (χ1) is 14.3. The first-order valence-electron chi connectivity index (χ1n) is 10.1. The maximum atomic E-state index is 2.49. The standard InChI is InChI=1S/C28H23N/c1-21-17-18-25-26(19-21)28(24-15-9-4-10-16-24)29(20-22-11-5-2-6-12-22)27(25)23-13-7-3-8-14-23/h2-19H,20H2,1H3. The van der Waals surface area contributed by atoms with E-state index in [0.717, 1.165) is 6.54 Å². The van der Waals surface area contributed by atoms with Crippen LogP contribution in [-0.2, 0) is 6.54 Å². The van der Waals surface area contributed by atoms with E-state index in [1.807, 2.05) is 0 Å². The summed E-state index contributed by atoms with van der Waals surface area (Å²) in [5, 5.41) is 2.61. The Bertz CT molecular complexity index is 1250. The Morgan fingerprint density at radius 3 is 1.66 bits per heavy atom. The highest BCUT2D eigenvalue weighted by Crippen LogP contribution is 2.40. The average molecular weight is 373 g/mol. The van der Waals surface area contributed by atoms with E-state index in [2.05, 4.69) is 121 Å². The van der Waals surface area contributed by atoms with Crippen LogP contribution in [0.3, 0.4) is 0 Å². The van der Waals surface area contributed by atoms with Gasteiger partial charge in [-0.05, 0) is 29.7 Å². The molecule has 0 spiro atoms. The normalized spacial score (nSPS) is 11.1. The minimum absolute atomic E-state index is 0.836.